The summed E-state index contributed by atoms with van der Waals surface area (Å²) in [7, 11) is 0. The van der Waals surface area contributed by atoms with Crippen LogP contribution in [0.25, 0.3) is 11.1 Å². The summed E-state index contributed by atoms with van der Waals surface area (Å²) < 4.78 is 1.49. The van der Waals surface area contributed by atoms with Crippen molar-refractivity contribution in [1.82, 2.24) is 0 Å². The Morgan fingerprint density at radius 3 is 1.36 bits per heavy atom. The second kappa shape index (κ2) is 3.06. The number of fused-ring (bicyclic) bond motifs is 3. The van der Waals surface area contributed by atoms with E-state index in [1.807, 2.05) is 0 Å². The summed E-state index contributed by atoms with van der Waals surface area (Å²) in [4.78, 5) is 0. The molecular formula is C13H8Sn. The topological polar surface area (TPSA) is 0 Å². The van der Waals surface area contributed by atoms with Crippen LogP contribution in [0.5, 0.6) is 0 Å². The molecule has 0 nitrogen and oxygen atoms in total. The molecule has 3 rings (SSSR count). The van der Waals surface area contributed by atoms with E-state index in [0.717, 1.165) is 0 Å². The summed E-state index contributed by atoms with van der Waals surface area (Å²) >= 11 is 1.50. The van der Waals surface area contributed by atoms with Crippen molar-refractivity contribution in [1.29, 1.82) is 0 Å². The normalized spacial score (nSPS) is 12.4. The Labute approximate surface area is 96.2 Å². The van der Waals surface area contributed by atoms with Crippen molar-refractivity contribution in [2.75, 3.05) is 0 Å². The molecule has 0 saturated heterocycles. The van der Waals surface area contributed by atoms with Crippen molar-refractivity contribution in [2.45, 2.75) is 0 Å². The van der Waals surface area contributed by atoms with E-state index in [-0.39, 0.29) is 0 Å². The quantitative estimate of drug-likeness (QED) is 0.556. The van der Waals surface area contributed by atoms with Crippen molar-refractivity contribution < 1.29 is 0 Å². The standard InChI is InChI=1S/C13H8.Sn/c1-3-7-12-10(5-1)9-11-6-2-4-8-13(11)12;/h1-8H;. The Bertz CT molecular complexity index is 479. The molecule has 0 aromatic heterocycles. The molecule has 0 atom stereocenters. The molecule has 0 saturated carbocycles. The molecule has 1 aliphatic rings. The zero-order valence-corrected chi connectivity index (χ0v) is 10.5. The third kappa shape index (κ3) is 1.04. The molecule has 0 unspecified atom stereocenters. The number of benzene rings is 2. The van der Waals surface area contributed by atoms with Gasteiger partial charge in [0, 0.05) is 0 Å². The zero-order valence-electron chi connectivity index (χ0n) is 7.62. The van der Waals surface area contributed by atoms with Crippen molar-refractivity contribution in [3.8, 4) is 11.1 Å². The predicted octanol–water partition coefficient (Wildman–Crippen LogP) is 2.40. The molecular weight excluding hydrogens is 275 g/mol. The fourth-order valence-electron chi connectivity index (χ4n) is 2.02. The van der Waals surface area contributed by atoms with Crippen LogP contribution in [0.15, 0.2) is 48.5 Å². The van der Waals surface area contributed by atoms with Gasteiger partial charge in [0.2, 0.25) is 0 Å². The van der Waals surface area contributed by atoms with Gasteiger partial charge in [-0.3, -0.25) is 0 Å². The van der Waals surface area contributed by atoms with Gasteiger partial charge < -0.3 is 0 Å². The maximum atomic E-state index is 2.22. The minimum atomic E-state index is 1.40. The molecule has 0 N–H and O–H groups in total. The number of hydrogen-bond donors (Lipinski definition) is 0. The first kappa shape index (κ1) is 8.42. The maximum absolute atomic E-state index is 2.22. The van der Waals surface area contributed by atoms with E-state index < -0.39 is 0 Å². The first-order chi connectivity index (χ1) is 6.88. The van der Waals surface area contributed by atoms with Crippen LogP contribution in [0.4, 0.5) is 0 Å². The van der Waals surface area contributed by atoms with Crippen LogP contribution in [0, 0.1) is 0 Å². The van der Waals surface area contributed by atoms with E-state index in [0.29, 0.717) is 0 Å². The van der Waals surface area contributed by atoms with E-state index in [1.54, 1.807) is 0 Å². The van der Waals surface area contributed by atoms with Gasteiger partial charge in [-0.1, -0.05) is 0 Å². The third-order valence-corrected chi connectivity index (χ3v) is 4.22. The predicted molar refractivity (Wildman–Crippen MR) is 60.8 cm³/mol. The van der Waals surface area contributed by atoms with Gasteiger partial charge in [0.25, 0.3) is 0 Å². The average Bonchev–Trinajstić information content (AvgIpc) is 2.55. The molecule has 64 valence electrons. The number of hydrogen-bond acceptors (Lipinski definition) is 0. The molecule has 0 heterocycles. The van der Waals surface area contributed by atoms with Crippen molar-refractivity contribution in [3.63, 3.8) is 0 Å². The first-order valence-corrected chi connectivity index (χ1v) is 6.08. The van der Waals surface area contributed by atoms with Crippen molar-refractivity contribution in [3.05, 3.63) is 59.7 Å². The molecule has 14 heavy (non-hydrogen) atoms. The van der Waals surface area contributed by atoms with E-state index in [1.165, 1.54) is 47.8 Å². The van der Waals surface area contributed by atoms with Gasteiger partial charge in [0.05, 0.1) is 0 Å². The second-order valence-electron chi connectivity index (χ2n) is 3.47. The average molecular weight is 283 g/mol. The van der Waals surface area contributed by atoms with Gasteiger partial charge in [0.15, 0.2) is 0 Å². The zero-order chi connectivity index (χ0) is 9.54. The molecule has 1 aliphatic carbocycles. The molecule has 2 aromatic carbocycles. The van der Waals surface area contributed by atoms with Crippen molar-refractivity contribution in [2.24, 2.45) is 0 Å². The third-order valence-electron chi connectivity index (χ3n) is 2.68. The Morgan fingerprint density at radius 2 is 0.929 bits per heavy atom. The molecule has 0 spiro atoms. The Balaban J connectivity index is 2.42. The Morgan fingerprint density at radius 1 is 0.571 bits per heavy atom. The summed E-state index contributed by atoms with van der Waals surface area (Å²) in [5.74, 6) is 0. The molecule has 2 aromatic rings. The summed E-state index contributed by atoms with van der Waals surface area (Å²) in [5, 5.41) is 0. The van der Waals surface area contributed by atoms with Crippen LogP contribution in [0.2, 0.25) is 0 Å². The van der Waals surface area contributed by atoms with E-state index in [2.05, 4.69) is 48.5 Å². The fourth-order valence-corrected chi connectivity index (χ4v) is 3.26. The van der Waals surface area contributed by atoms with Gasteiger partial charge in [0.1, 0.15) is 0 Å². The van der Waals surface area contributed by atoms with Crippen LogP contribution in [0.1, 0.15) is 11.1 Å². The SMILES string of the molecule is [Sn]=[C]1c2ccccc2-c2ccccc21. The van der Waals surface area contributed by atoms with Crippen LogP contribution < -0.4 is 0 Å². The Hall–Kier alpha value is -0.891. The summed E-state index contributed by atoms with van der Waals surface area (Å²) in [6, 6.07) is 17.3. The number of rotatable bonds is 0. The Kier molecular flexibility index (Phi) is 1.84. The van der Waals surface area contributed by atoms with Crippen LogP contribution in [-0.2, 0) is 0 Å². The monoisotopic (exact) mass is 284 g/mol. The van der Waals surface area contributed by atoms with Crippen LogP contribution in [-0.4, -0.2) is 25.6 Å². The summed E-state index contributed by atoms with van der Waals surface area (Å²) in [6.45, 7) is 0. The van der Waals surface area contributed by atoms with Crippen molar-refractivity contribution >= 4 is 25.6 Å². The van der Waals surface area contributed by atoms with E-state index >= 15 is 0 Å². The molecule has 2 radical (unpaired) electrons. The van der Waals surface area contributed by atoms with Gasteiger partial charge in [-0.05, 0) is 0 Å². The summed E-state index contributed by atoms with van der Waals surface area (Å²) in [6.07, 6.45) is 0. The molecule has 1 heteroatoms. The second-order valence-corrected chi connectivity index (χ2v) is 4.89. The summed E-state index contributed by atoms with van der Waals surface area (Å²) in [5.41, 5.74) is 5.64. The molecule has 0 aliphatic heterocycles. The minimum absolute atomic E-state index is 1.40. The van der Waals surface area contributed by atoms with Gasteiger partial charge in [-0.2, -0.15) is 0 Å². The van der Waals surface area contributed by atoms with E-state index in [4.69, 9.17) is 0 Å². The van der Waals surface area contributed by atoms with Gasteiger partial charge in [-0.25, -0.2) is 0 Å². The van der Waals surface area contributed by atoms with E-state index in [9.17, 15) is 0 Å². The molecule has 0 fully saturated rings. The van der Waals surface area contributed by atoms with Gasteiger partial charge in [-0.15, -0.1) is 0 Å². The molecule has 0 bridgehead atoms. The van der Waals surface area contributed by atoms with Gasteiger partial charge >= 0.3 is 96.4 Å². The molecule has 0 amide bonds. The van der Waals surface area contributed by atoms with Crippen LogP contribution in [0.3, 0.4) is 0 Å². The first-order valence-electron chi connectivity index (χ1n) is 4.65. The van der Waals surface area contributed by atoms with Crippen LogP contribution >= 0.6 is 0 Å². The fraction of sp³-hybridized carbons (Fsp3) is 0.